The second-order valence-electron chi connectivity index (χ2n) is 6.31. The second-order valence-corrected chi connectivity index (χ2v) is 7.23. The van der Waals surface area contributed by atoms with Crippen molar-refractivity contribution in [3.8, 4) is 17.0 Å². The number of rotatable bonds is 1. The number of benzene rings is 1. The molecule has 0 saturated carbocycles. The quantitative estimate of drug-likeness (QED) is 0.736. The lowest BCUT2D eigenvalue weighted by Gasteiger charge is -2.33. The van der Waals surface area contributed by atoms with Crippen LogP contribution in [0, 0.1) is 0 Å². The van der Waals surface area contributed by atoms with Crippen molar-refractivity contribution in [1.29, 1.82) is 0 Å². The highest BCUT2D eigenvalue weighted by molar-refractivity contribution is 9.10. The van der Waals surface area contributed by atoms with Crippen LogP contribution in [0.25, 0.3) is 11.3 Å². The van der Waals surface area contributed by atoms with Crippen LogP contribution in [0.3, 0.4) is 0 Å². The molecule has 0 unspecified atom stereocenters. The largest absolute Gasteiger partial charge is 0.487 e. The van der Waals surface area contributed by atoms with Crippen molar-refractivity contribution < 1.29 is 4.74 Å². The lowest BCUT2D eigenvalue weighted by atomic mass is 9.73. The van der Waals surface area contributed by atoms with Gasteiger partial charge in [0.1, 0.15) is 11.4 Å². The van der Waals surface area contributed by atoms with Gasteiger partial charge in [-0.25, -0.2) is 0 Å². The summed E-state index contributed by atoms with van der Waals surface area (Å²) in [5.41, 5.74) is 3.15. The molecule has 0 radical (unpaired) electrons. The van der Waals surface area contributed by atoms with E-state index in [-0.39, 0.29) is 11.0 Å². The number of nitrogens with zero attached hydrogens (tertiary/aromatic N) is 1. The van der Waals surface area contributed by atoms with Crippen LogP contribution in [0.15, 0.2) is 41.0 Å². The highest BCUT2D eigenvalue weighted by Crippen LogP contribution is 2.49. The molecule has 2 heterocycles. The average Bonchev–Trinajstić information content (AvgIpc) is 2.56. The van der Waals surface area contributed by atoms with E-state index in [1.165, 1.54) is 5.56 Å². The Bertz CT molecular complexity index is 659. The van der Waals surface area contributed by atoms with Gasteiger partial charge in [0, 0.05) is 27.2 Å². The zero-order chi connectivity index (χ0) is 14.5. The molecule has 0 N–H and O–H groups in total. The molecule has 0 fully saturated rings. The predicted octanol–water partition coefficient (Wildman–Crippen LogP) is 4.96. The maximum absolute atomic E-state index is 6.09. The van der Waals surface area contributed by atoms with Gasteiger partial charge >= 0.3 is 0 Å². The van der Waals surface area contributed by atoms with E-state index in [9.17, 15) is 0 Å². The Kier molecular flexibility index (Phi) is 2.94. The van der Waals surface area contributed by atoms with Crippen LogP contribution >= 0.6 is 15.9 Å². The van der Waals surface area contributed by atoms with Gasteiger partial charge in [0.25, 0.3) is 0 Å². The third-order valence-electron chi connectivity index (χ3n) is 4.55. The maximum Gasteiger partial charge on any atom is 0.124 e. The topological polar surface area (TPSA) is 22.1 Å². The van der Waals surface area contributed by atoms with E-state index >= 15 is 0 Å². The first kappa shape index (κ1) is 13.6. The fraction of sp³-hybridized carbons (Fsp3) is 0.353. The third kappa shape index (κ3) is 1.96. The van der Waals surface area contributed by atoms with Gasteiger partial charge in [0.2, 0.25) is 0 Å². The van der Waals surface area contributed by atoms with Crippen LogP contribution < -0.4 is 4.74 Å². The Balaban J connectivity index is 2.10. The molecule has 0 spiro atoms. The maximum atomic E-state index is 6.09. The molecule has 20 heavy (non-hydrogen) atoms. The fourth-order valence-corrected chi connectivity index (χ4v) is 2.77. The summed E-state index contributed by atoms with van der Waals surface area (Å²) in [4.78, 5) is 4.47. The Morgan fingerprint density at radius 3 is 2.45 bits per heavy atom. The van der Waals surface area contributed by atoms with Crippen LogP contribution in [-0.2, 0) is 5.41 Å². The van der Waals surface area contributed by atoms with Crippen LogP contribution in [-0.4, -0.2) is 10.6 Å². The number of hydrogen-bond donors (Lipinski definition) is 0. The summed E-state index contributed by atoms with van der Waals surface area (Å²) < 4.78 is 7.08. The molecule has 1 aromatic heterocycles. The SMILES string of the molecule is CC1(C)Oc2ccc(-c3ccc(Br)cn3)cc2C1(C)C. The Labute approximate surface area is 128 Å². The summed E-state index contributed by atoms with van der Waals surface area (Å²) in [6, 6.07) is 10.4. The molecule has 1 aliphatic rings. The number of hydrogen-bond acceptors (Lipinski definition) is 2. The molecule has 104 valence electrons. The van der Waals surface area contributed by atoms with Gasteiger partial charge < -0.3 is 4.74 Å². The molecule has 1 aromatic carbocycles. The highest BCUT2D eigenvalue weighted by Gasteiger charge is 2.47. The predicted molar refractivity (Wildman–Crippen MR) is 85.1 cm³/mol. The van der Waals surface area contributed by atoms with E-state index in [2.05, 4.69) is 66.8 Å². The number of halogens is 1. The van der Waals surface area contributed by atoms with E-state index in [0.29, 0.717) is 0 Å². The number of pyridine rings is 1. The van der Waals surface area contributed by atoms with Gasteiger partial charge in [-0.1, -0.05) is 13.8 Å². The summed E-state index contributed by atoms with van der Waals surface area (Å²) in [6.07, 6.45) is 1.83. The first-order valence-electron chi connectivity index (χ1n) is 6.77. The summed E-state index contributed by atoms with van der Waals surface area (Å²) in [6.45, 7) is 8.75. The zero-order valence-corrected chi connectivity index (χ0v) is 13.8. The molecule has 2 nitrogen and oxygen atoms in total. The van der Waals surface area contributed by atoms with E-state index in [1.54, 1.807) is 0 Å². The van der Waals surface area contributed by atoms with Crippen LogP contribution in [0.5, 0.6) is 5.75 Å². The standard InChI is InChI=1S/C17H18BrNO/c1-16(2)13-9-11(14-7-6-12(18)10-19-14)5-8-15(13)20-17(16,3)4/h5-10H,1-4H3. The normalized spacial score (nSPS) is 18.4. The minimum absolute atomic E-state index is 0.0201. The van der Waals surface area contributed by atoms with Gasteiger partial charge in [-0.3, -0.25) is 4.98 Å². The smallest absolute Gasteiger partial charge is 0.124 e. The van der Waals surface area contributed by atoms with Crippen molar-refractivity contribution in [3.63, 3.8) is 0 Å². The highest BCUT2D eigenvalue weighted by atomic mass is 79.9. The number of aromatic nitrogens is 1. The van der Waals surface area contributed by atoms with Crippen molar-refractivity contribution >= 4 is 15.9 Å². The zero-order valence-electron chi connectivity index (χ0n) is 12.2. The molecule has 3 rings (SSSR count). The molecule has 3 heteroatoms. The third-order valence-corrected chi connectivity index (χ3v) is 5.02. The molecule has 0 amide bonds. The van der Waals surface area contributed by atoms with Crippen molar-refractivity contribution in [2.75, 3.05) is 0 Å². The van der Waals surface area contributed by atoms with Crippen molar-refractivity contribution in [2.45, 2.75) is 38.7 Å². The van der Waals surface area contributed by atoms with Crippen LogP contribution in [0.2, 0.25) is 0 Å². The minimum atomic E-state index is -0.193. The van der Waals surface area contributed by atoms with Gasteiger partial charge in [0.05, 0.1) is 5.69 Å². The van der Waals surface area contributed by atoms with E-state index in [1.807, 2.05) is 18.3 Å². The molecule has 0 bridgehead atoms. The fourth-order valence-electron chi connectivity index (χ4n) is 2.54. The summed E-state index contributed by atoms with van der Waals surface area (Å²) in [5.74, 6) is 0.987. The molecular weight excluding hydrogens is 314 g/mol. The van der Waals surface area contributed by atoms with Gasteiger partial charge in [-0.2, -0.15) is 0 Å². The molecule has 0 aliphatic carbocycles. The summed E-state index contributed by atoms with van der Waals surface area (Å²) >= 11 is 3.42. The molecule has 2 aromatic rings. The number of fused-ring (bicyclic) bond motifs is 1. The first-order chi connectivity index (χ1) is 9.31. The van der Waals surface area contributed by atoms with Crippen LogP contribution in [0.4, 0.5) is 0 Å². The first-order valence-corrected chi connectivity index (χ1v) is 7.56. The number of ether oxygens (including phenoxy) is 1. The lowest BCUT2D eigenvalue weighted by Crippen LogP contribution is -2.41. The van der Waals surface area contributed by atoms with E-state index in [0.717, 1.165) is 21.5 Å². The molecular formula is C17H18BrNO. The van der Waals surface area contributed by atoms with E-state index in [4.69, 9.17) is 4.74 Å². The average molecular weight is 332 g/mol. The van der Waals surface area contributed by atoms with Crippen LogP contribution in [0.1, 0.15) is 33.3 Å². The van der Waals surface area contributed by atoms with E-state index < -0.39 is 0 Å². The minimum Gasteiger partial charge on any atom is -0.487 e. The Morgan fingerprint density at radius 1 is 1.05 bits per heavy atom. The van der Waals surface area contributed by atoms with Gasteiger partial charge in [0.15, 0.2) is 0 Å². The van der Waals surface area contributed by atoms with Crippen molar-refractivity contribution in [2.24, 2.45) is 0 Å². The summed E-state index contributed by atoms with van der Waals surface area (Å²) in [7, 11) is 0. The summed E-state index contributed by atoms with van der Waals surface area (Å²) in [5, 5.41) is 0. The molecule has 0 atom stereocenters. The van der Waals surface area contributed by atoms with Crippen molar-refractivity contribution in [1.82, 2.24) is 4.98 Å². The lowest BCUT2D eigenvalue weighted by molar-refractivity contribution is 0.0712. The molecule has 1 aliphatic heterocycles. The Morgan fingerprint density at radius 2 is 1.80 bits per heavy atom. The second kappa shape index (κ2) is 4.32. The monoisotopic (exact) mass is 331 g/mol. The van der Waals surface area contributed by atoms with Crippen molar-refractivity contribution in [3.05, 3.63) is 46.6 Å². The molecule has 0 saturated heterocycles. The Hall–Kier alpha value is -1.35. The van der Waals surface area contributed by atoms with Gasteiger partial charge in [-0.15, -0.1) is 0 Å². The van der Waals surface area contributed by atoms with Gasteiger partial charge in [-0.05, 0) is 60.1 Å².